The molecule has 0 radical (unpaired) electrons. The lowest BCUT2D eigenvalue weighted by atomic mass is 10.00. The highest BCUT2D eigenvalue weighted by atomic mass is 32.2. The van der Waals surface area contributed by atoms with E-state index in [4.69, 9.17) is 0 Å². The number of hydrogen-bond acceptors (Lipinski definition) is 5. The van der Waals surface area contributed by atoms with E-state index in [1.54, 1.807) is 6.92 Å². The Morgan fingerprint density at radius 3 is 2.68 bits per heavy atom. The van der Waals surface area contributed by atoms with E-state index in [9.17, 15) is 13.5 Å². The van der Waals surface area contributed by atoms with Crippen molar-refractivity contribution in [2.75, 3.05) is 32.4 Å². The van der Waals surface area contributed by atoms with Crippen molar-refractivity contribution in [3.8, 4) is 0 Å². The number of sulfonamides is 1. The summed E-state index contributed by atoms with van der Waals surface area (Å²) in [6.07, 6.45) is 1.12. The number of nitrogens with zero attached hydrogens (tertiary/aromatic N) is 1. The molecule has 0 aliphatic carbocycles. The van der Waals surface area contributed by atoms with Crippen LogP contribution >= 0.6 is 11.3 Å². The van der Waals surface area contributed by atoms with Gasteiger partial charge in [-0.1, -0.05) is 0 Å². The van der Waals surface area contributed by atoms with Crippen LogP contribution in [0.1, 0.15) is 19.4 Å². The van der Waals surface area contributed by atoms with Gasteiger partial charge in [-0.25, -0.2) is 18.1 Å². The fourth-order valence-electron chi connectivity index (χ4n) is 1.65. The maximum atomic E-state index is 11.0. The molecule has 0 aromatic carbocycles. The van der Waals surface area contributed by atoms with Crippen LogP contribution in [-0.2, 0) is 15.6 Å². The second-order valence-corrected chi connectivity index (χ2v) is 7.69. The molecule has 0 aliphatic heterocycles. The minimum absolute atomic E-state index is 0.207. The highest BCUT2D eigenvalue weighted by molar-refractivity contribution is 7.88. The highest BCUT2D eigenvalue weighted by Crippen LogP contribution is 2.23. The summed E-state index contributed by atoms with van der Waals surface area (Å²) in [5, 5.41) is 20.3. The van der Waals surface area contributed by atoms with Crippen LogP contribution in [0, 0.1) is 0 Å². The Kier molecular flexibility index (Phi) is 7.27. The van der Waals surface area contributed by atoms with Crippen LogP contribution in [-0.4, -0.2) is 51.9 Å². The zero-order valence-corrected chi connectivity index (χ0v) is 14.7. The van der Waals surface area contributed by atoms with Crippen molar-refractivity contribution in [1.29, 1.82) is 0 Å². The predicted molar refractivity (Wildman–Crippen MR) is 90.7 cm³/mol. The van der Waals surface area contributed by atoms with Crippen LogP contribution < -0.4 is 15.4 Å². The highest BCUT2D eigenvalue weighted by Gasteiger charge is 2.23. The summed E-state index contributed by atoms with van der Waals surface area (Å²) >= 11 is 1.53. The molecule has 1 aromatic rings. The number of rotatable bonds is 8. The lowest BCUT2D eigenvalue weighted by Crippen LogP contribution is -2.42. The van der Waals surface area contributed by atoms with Crippen molar-refractivity contribution < 1.29 is 13.5 Å². The van der Waals surface area contributed by atoms with Crippen molar-refractivity contribution >= 4 is 27.3 Å². The molecule has 1 unspecified atom stereocenters. The average molecular weight is 348 g/mol. The number of guanidine groups is 1. The van der Waals surface area contributed by atoms with Gasteiger partial charge in [0.25, 0.3) is 0 Å². The second kappa shape index (κ2) is 8.47. The summed E-state index contributed by atoms with van der Waals surface area (Å²) in [6, 6.07) is 1.87. The molecule has 22 heavy (non-hydrogen) atoms. The summed E-state index contributed by atoms with van der Waals surface area (Å²) in [7, 11) is -3.19. The van der Waals surface area contributed by atoms with Crippen LogP contribution in [0.4, 0.5) is 0 Å². The molecular weight excluding hydrogens is 324 g/mol. The molecule has 126 valence electrons. The Balaban J connectivity index is 2.54. The van der Waals surface area contributed by atoms with Crippen LogP contribution in [0.5, 0.6) is 0 Å². The third-order valence-electron chi connectivity index (χ3n) is 2.81. The van der Waals surface area contributed by atoms with Gasteiger partial charge in [0.15, 0.2) is 5.96 Å². The minimum atomic E-state index is -3.19. The summed E-state index contributed by atoms with van der Waals surface area (Å²) < 4.78 is 24.3. The Morgan fingerprint density at radius 2 is 2.14 bits per heavy atom. The zero-order chi connectivity index (χ0) is 16.6. The number of nitrogens with one attached hydrogen (secondary N) is 3. The van der Waals surface area contributed by atoms with E-state index in [1.807, 2.05) is 23.8 Å². The van der Waals surface area contributed by atoms with Gasteiger partial charge in [0, 0.05) is 19.6 Å². The first-order valence-corrected chi connectivity index (χ1v) is 9.80. The third-order valence-corrected chi connectivity index (χ3v) is 4.23. The van der Waals surface area contributed by atoms with E-state index in [2.05, 4.69) is 20.3 Å². The van der Waals surface area contributed by atoms with E-state index in [1.165, 1.54) is 11.3 Å². The monoisotopic (exact) mass is 348 g/mol. The molecule has 0 saturated heterocycles. The molecule has 1 heterocycles. The quantitative estimate of drug-likeness (QED) is 0.302. The van der Waals surface area contributed by atoms with Gasteiger partial charge in [0.1, 0.15) is 5.60 Å². The second-order valence-electron chi connectivity index (χ2n) is 5.07. The van der Waals surface area contributed by atoms with E-state index >= 15 is 0 Å². The Labute approximate surface area is 135 Å². The van der Waals surface area contributed by atoms with Gasteiger partial charge in [-0.15, -0.1) is 0 Å². The first kappa shape index (κ1) is 18.9. The molecule has 1 rings (SSSR count). The van der Waals surface area contributed by atoms with E-state index in [0.717, 1.165) is 11.8 Å². The molecule has 7 nitrogen and oxygen atoms in total. The molecule has 9 heteroatoms. The zero-order valence-electron chi connectivity index (χ0n) is 13.1. The molecule has 0 amide bonds. The molecule has 0 aliphatic rings. The van der Waals surface area contributed by atoms with Gasteiger partial charge in [0.2, 0.25) is 10.0 Å². The van der Waals surface area contributed by atoms with Crippen molar-refractivity contribution in [3.63, 3.8) is 0 Å². The fraction of sp³-hybridized carbons (Fsp3) is 0.615. The maximum absolute atomic E-state index is 11.0. The Hall–Kier alpha value is -1.16. The van der Waals surface area contributed by atoms with E-state index in [-0.39, 0.29) is 13.1 Å². The van der Waals surface area contributed by atoms with Crippen molar-refractivity contribution in [1.82, 2.24) is 15.4 Å². The smallest absolute Gasteiger partial charge is 0.208 e. The minimum Gasteiger partial charge on any atom is -0.383 e. The first-order valence-electron chi connectivity index (χ1n) is 6.96. The number of thiophene rings is 1. The topological polar surface area (TPSA) is 103 Å². The average Bonchev–Trinajstić information content (AvgIpc) is 2.94. The maximum Gasteiger partial charge on any atom is 0.208 e. The third kappa shape index (κ3) is 7.21. The van der Waals surface area contributed by atoms with Crippen LogP contribution in [0.3, 0.4) is 0 Å². The SMILES string of the molecule is CCNC(=NCC(C)(O)c1ccsc1)NCCNS(C)(=O)=O. The Bertz CT molecular complexity index is 568. The van der Waals surface area contributed by atoms with Crippen LogP contribution in [0.25, 0.3) is 0 Å². The molecule has 0 saturated carbocycles. The predicted octanol–water partition coefficient (Wildman–Crippen LogP) is 0.0599. The molecule has 1 aromatic heterocycles. The van der Waals surface area contributed by atoms with E-state index in [0.29, 0.717) is 19.0 Å². The van der Waals surface area contributed by atoms with Crippen molar-refractivity contribution in [3.05, 3.63) is 22.4 Å². The van der Waals surface area contributed by atoms with Gasteiger partial charge < -0.3 is 15.7 Å². The van der Waals surface area contributed by atoms with E-state index < -0.39 is 15.6 Å². The molecule has 0 bridgehead atoms. The molecular formula is C13H24N4O3S2. The normalized spacial score (nSPS) is 15.4. The number of hydrogen-bond donors (Lipinski definition) is 4. The molecule has 1 atom stereocenters. The summed E-state index contributed by atoms with van der Waals surface area (Å²) in [5.74, 6) is 0.535. The van der Waals surface area contributed by atoms with Gasteiger partial charge in [-0.05, 0) is 36.2 Å². The van der Waals surface area contributed by atoms with Crippen molar-refractivity contribution in [2.45, 2.75) is 19.4 Å². The van der Waals surface area contributed by atoms with Gasteiger partial charge >= 0.3 is 0 Å². The largest absolute Gasteiger partial charge is 0.383 e. The summed E-state index contributed by atoms with van der Waals surface area (Å²) in [4.78, 5) is 4.35. The lowest BCUT2D eigenvalue weighted by molar-refractivity contribution is 0.0677. The standard InChI is InChI=1S/C13H24N4O3S2/c1-4-14-12(15-6-7-17-22(3,19)20)16-10-13(2,18)11-5-8-21-9-11/h5,8-9,17-18H,4,6-7,10H2,1-3H3,(H2,14,15,16). The lowest BCUT2D eigenvalue weighted by Gasteiger charge is -2.21. The van der Waals surface area contributed by atoms with Crippen LogP contribution in [0.2, 0.25) is 0 Å². The fourth-order valence-corrected chi connectivity index (χ4v) is 2.91. The molecule has 0 spiro atoms. The van der Waals surface area contributed by atoms with Crippen LogP contribution in [0.15, 0.2) is 21.8 Å². The Morgan fingerprint density at radius 1 is 1.41 bits per heavy atom. The van der Waals surface area contributed by atoms with Gasteiger partial charge in [-0.3, -0.25) is 0 Å². The first-order chi connectivity index (χ1) is 10.2. The van der Waals surface area contributed by atoms with Crippen molar-refractivity contribution in [2.24, 2.45) is 4.99 Å². The molecule has 4 N–H and O–H groups in total. The molecule has 0 fully saturated rings. The number of aliphatic imine (C=N–C) groups is 1. The van der Waals surface area contributed by atoms with Gasteiger partial charge in [0.05, 0.1) is 12.8 Å². The summed E-state index contributed by atoms with van der Waals surface area (Å²) in [5.41, 5.74) is -0.205. The summed E-state index contributed by atoms with van der Waals surface area (Å²) in [6.45, 7) is 5.20. The van der Waals surface area contributed by atoms with Gasteiger partial charge in [-0.2, -0.15) is 11.3 Å². The number of aliphatic hydroxyl groups is 1.